The van der Waals surface area contributed by atoms with E-state index in [0.29, 0.717) is 5.41 Å². The highest BCUT2D eigenvalue weighted by molar-refractivity contribution is 14.0. The Kier molecular flexibility index (Phi) is 6.52. The molecule has 1 aliphatic heterocycles. The van der Waals surface area contributed by atoms with Gasteiger partial charge in [-0.25, -0.2) is 0 Å². The lowest BCUT2D eigenvalue weighted by Crippen LogP contribution is -2.42. The molecule has 6 heteroatoms. The number of halogens is 1. The number of nitrogens with one attached hydrogen (secondary N) is 1. The molecular formula is C16H28IN5. The van der Waals surface area contributed by atoms with Gasteiger partial charge in [-0.15, -0.1) is 24.0 Å². The van der Waals surface area contributed by atoms with Crippen LogP contribution in [0, 0.1) is 5.41 Å². The van der Waals surface area contributed by atoms with Gasteiger partial charge in [0.1, 0.15) is 0 Å². The highest BCUT2D eigenvalue weighted by atomic mass is 127. The van der Waals surface area contributed by atoms with Crippen LogP contribution in [0.25, 0.3) is 0 Å². The molecule has 0 bridgehead atoms. The summed E-state index contributed by atoms with van der Waals surface area (Å²) in [6.45, 7) is 4.10. The maximum absolute atomic E-state index is 4.47. The third kappa shape index (κ3) is 4.14. The Labute approximate surface area is 150 Å². The third-order valence-electron chi connectivity index (χ3n) is 5.05. The normalized spacial score (nSPS) is 21.0. The van der Waals surface area contributed by atoms with Gasteiger partial charge in [-0.3, -0.25) is 9.67 Å². The van der Waals surface area contributed by atoms with E-state index in [0.717, 1.165) is 25.6 Å². The van der Waals surface area contributed by atoms with Crippen LogP contribution < -0.4 is 5.32 Å². The van der Waals surface area contributed by atoms with Gasteiger partial charge in [0.05, 0.1) is 6.54 Å². The molecule has 2 aliphatic rings. The predicted octanol–water partition coefficient (Wildman–Crippen LogP) is 2.73. The van der Waals surface area contributed by atoms with Crippen molar-refractivity contribution in [1.82, 2.24) is 20.0 Å². The fourth-order valence-electron chi connectivity index (χ4n) is 3.87. The molecule has 0 atom stereocenters. The number of guanidine groups is 1. The second-order valence-corrected chi connectivity index (χ2v) is 6.48. The quantitative estimate of drug-likeness (QED) is 0.468. The highest BCUT2D eigenvalue weighted by Gasteiger charge is 2.39. The first-order valence-corrected chi connectivity index (χ1v) is 8.24. The van der Waals surface area contributed by atoms with Gasteiger partial charge >= 0.3 is 0 Å². The van der Waals surface area contributed by atoms with E-state index in [9.17, 15) is 0 Å². The molecule has 1 N–H and O–H groups in total. The van der Waals surface area contributed by atoms with Gasteiger partial charge in [0.25, 0.3) is 0 Å². The molecule has 0 radical (unpaired) electrons. The SMILES string of the molecule is CN=C(NCCn1cccn1)N1CCC2(CCCCC2)C1.I. The van der Waals surface area contributed by atoms with Gasteiger partial charge in [0, 0.05) is 39.1 Å². The van der Waals surface area contributed by atoms with Gasteiger partial charge in [-0.2, -0.15) is 5.10 Å². The van der Waals surface area contributed by atoms with Crippen LogP contribution in [0.5, 0.6) is 0 Å². The van der Waals surface area contributed by atoms with Crippen molar-refractivity contribution in [2.24, 2.45) is 10.4 Å². The van der Waals surface area contributed by atoms with E-state index in [-0.39, 0.29) is 24.0 Å². The number of hydrogen-bond donors (Lipinski definition) is 1. The van der Waals surface area contributed by atoms with E-state index in [1.54, 1.807) is 0 Å². The topological polar surface area (TPSA) is 45.5 Å². The number of hydrogen-bond acceptors (Lipinski definition) is 2. The lowest BCUT2D eigenvalue weighted by atomic mass is 9.73. The second-order valence-electron chi connectivity index (χ2n) is 6.48. The van der Waals surface area contributed by atoms with Gasteiger partial charge in [-0.05, 0) is 30.7 Å². The molecule has 0 amide bonds. The average molecular weight is 417 g/mol. The lowest BCUT2D eigenvalue weighted by molar-refractivity contribution is 0.203. The van der Waals surface area contributed by atoms with Crippen molar-refractivity contribution in [3.8, 4) is 0 Å². The monoisotopic (exact) mass is 417 g/mol. The molecule has 1 saturated heterocycles. The van der Waals surface area contributed by atoms with Gasteiger partial charge < -0.3 is 10.2 Å². The third-order valence-corrected chi connectivity index (χ3v) is 5.05. The molecule has 1 saturated carbocycles. The van der Waals surface area contributed by atoms with Crippen molar-refractivity contribution in [3.05, 3.63) is 18.5 Å². The first-order chi connectivity index (χ1) is 10.3. The van der Waals surface area contributed by atoms with Crippen molar-refractivity contribution in [2.45, 2.75) is 45.1 Å². The number of likely N-dealkylation sites (tertiary alicyclic amines) is 1. The van der Waals surface area contributed by atoms with Crippen LogP contribution >= 0.6 is 24.0 Å². The summed E-state index contributed by atoms with van der Waals surface area (Å²) in [6.07, 6.45) is 12.2. The molecule has 2 fully saturated rings. The fraction of sp³-hybridized carbons (Fsp3) is 0.750. The second kappa shape index (κ2) is 8.17. The Morgan fingerprint density at radius 2 is 2.09 bits per heavy atom. The van der Waals surface area contributed by atoms with Crippen LogP contribution in [-0.2, 0) is 6.54 Å². The Bertz CT molecular complexity index is 465. The Morgan fingerprint density at radius 3 is 2.77 bits per heavy atom. The first kappa shape index (κ1) is 17.6. The summed E-state index contributed by atoms with van der Waals surface area (Å²) in [5.41, 5.74) is 0.581. The van der Waals surface area contributed by atoms with Crippen molar-refractivity contribution in [3.63, 3.8) is 0 Å². The maximum atomic E-state index is 4.47. The standard InChI is InChI=1S/C16H27N5.HI/c1-17-15(18-10-13-21-11-5-9-19-21)20-12-8-16(14-20)6-3-2-4-7-16;/h5,9,11H,2-4,6-8,10,12-14H2,1H3,(H,17,18);1H. The molecule has 1 aliphatic carbocycles. The van der Waals surface area contributed by atoms with E-state index in [1.165, 1.54) is 45.1 Å². The summed E-state index contributed by atoms with van der Waals surface area (Å²) in [5.74, 6) is 1.06. The summed E-state index contributed by atoms with van der Waals surface area (Å²) < 4.78 is 1.95. The van der Waals surface area contributed by atoms with E-state index < -0.39 is 0 Å². The van der Waals surface area contributed by atoms with Crippen molar-refractivity contribution in [1.29, 1.82) is 0 Å². The van der Waals surface area contributed by atoms with Crippen LogP contribution in [0.15, 0.2) is 23.5 Å². The zero-order valence-electron chi connectivity index (χ0n) is 13.5. The Balaban J connectivity index is 0.00000176. The number of aliphatic imine (C=N–C) groups is 1. The van der Waals surface area contributed by atoms with Crippen LogP contribution in [0.4, 0.5) is 0 Å². The molecule has 1 aromatic rings. The minimum Gasteiger partial charge on any atom is -0.354 e. The van der Waals surface area contributed by atoms with Crippen LogP contribution in [-0.4, -0.2) is 47.3 Å². The molecule has 2 heterocycles. The summed E-state index contributed by atoms with van der Waals surface area (Å²) in [6, 6.07) is 1.96. The van der Waals surface area contributed by atoms with Crippen LogP contribution in [0.3, 0.4) is 0 Å². The van der Waals surface area contributed by atoms with Crippen molar-refractivity contribution < 1.29 is 0 Å². The zero-order chi connectivity index (χ0) is 14.5. The largest absolute Gasteiger partial charge is 0.354 e. The Hall–Kier alpha value is -0.790. The molecule has 3 rings (SSSR count). The van der Waals surface area contributed by atoms with E-state index in [1.807, 2.05) is 30.2 Å². The predicted molar refractivity (Wildman–Crippen MR) is 101 cm³/mol. The van der Waals surface area contributed by atoms with E-state index >= 15 is 0 Å². The van der Waals surface area contributed by atoms with Crippen molar-refractivity contribution >= 4 is 29.9 Å². The number of nitrogens with zero attached hydrogens (tertiary/aromatic N) is 4. The van der Waals surface area contributed by atoms with Gasteiger partial charge in [0.15, 0.2) is 5.96 Å². The van der Waals surface area contributed by atoms with E-state index in [4.69, 9.17) is 0 Å². The molecule has 0 unspecified atom stereocenters. The summed E-state index contributed by atoms with van der Waals surface area (Å²) >= 11 is 0. The molecule has 0 aromatic carbocycles. The molecule has 124 valence electrons. The zero-order valence-corrected chi connectivity index (χ0v) is 15.8. The smallest absolute Gasteiger partial charge is 0.193 e. The summed E-state index contributed by atoms with van der Waals surface area (Å²) in [4.78, 5) is 6.92. The van der Waals surface area contributed by atoms with Gasteiger partial charge in [0.2, 0.25) is 0 Å². The Morgan fingerprint density at radius 1 is 1.27 bits per heavy atom. The maximum Gasteiger partial charge on any atom is 0.193 e. The molecule has 22 heavy (non-hydrogen) atoms. The molecular weight excluding hydrogens is 389 g/mol. The highest BCUT2D eigenvalue weighted by Crippen LogP contribution is 2.43. The van der Waals surface area contributed by atoms with Crippen LogP contribution in [0.2, 0.25) is 0 Å². The molecule has 1 aromatic heterocycles. The first-order valence-electron chi connectivity index (χ1n) is 8.24. The minimum atomic E-state index is 0. The lowest BCUT2D eigenvalue weighted by Gasteiger charge is -2.33. The average Bonchev–Trinajstić information content (AvgIpc) is 3.15. The molecule has 5 nitrogen and oxygen atoms in total. The number of aromatic nitrogens is 2. The fourth-order valence-corrected chi connectivity index (χ4v) is 3.87. The van der Waals surface area contributed by atoms with E-state index in [2.05, 4.69) is 20.3 Å². The minimum absolute atomic E-state index is 0. The molecule has 1 spiro atoms. The van der Waals surface area contributed by atoms with Gasteiger partial charge in [-0.1, -0.05) is 19.3 Å². The number of rotatable bonds is 3. The van der Waals surface area contributed by atoms with Crippen LogP contribution in [0.1, 0.15) is 38.5 Å². The summed E-state index contributed by atoms with van der Waals surface area (Å²) in [7, 11) is 1.89. The van der Waals surface area contributed by atoms with Crippen molar-refractivity contribution in [2.75, 3.05) is 26.7 Å². The summed E-state index contributed by atoms with van der Waals surface area (Å²) in [5, 5.41) is 7.71.